The van der Waals surface area contributed by atoms with Crippen molar-refractivity contribution in [1.82, 2.24) is 5.32 Å². The highest BCUT2D eigenvalue weighted by Crippen LogP contribution is 2.24. The predicted molar refractivity (Wildman–Crippen MR) is 115 cm³/mol. The molecular formula is C23H39NO5. The maximum Gasteiger partial charge on any atom is 0.220 e. The minimum atomic E-state index is -0.644. The summed E-state index contributed by atoms with van der Waals surface area (Å²) in [5.74, 6) is -0.620. The topological polar surface area (TPSA) is 84.9 Å². The molecule has 0 fully saturated rings. The Morgan fingerprint density at radius 3 is 2.72 bits per heavy atom. The number of carbonyl (C=O) groups is 2. The molecule has 0 heterocycles. The van der Waals surface area contributed by atoms with Gasteiger partial charge >= 0.3 is 0 Å². The number of hydrogen-bond acceptors (Lipinski definition) is 5. The van der Waals surface area contributed by atoms with Crippen LogP contribution in [0.15, 0.2) is 23.8 Å². The summed E-state index contributed by atoms with van der Waals surface area (Å²) in [5.41, 5.74) is 0.541. The van der Waals surface area contributed by atoms with Gasteiger partial charge in [-0.15, -0.1) is 0 Å². The van der Waals surface area contributed by atoms with Gasteiger partial charge in [-0.2, -0.15) is 0 Å². The molecule has 0 aromatic carbocycles. The number of ether oxygens (including phenoxy) is 2. The molecule has 0 unspecified atom stereocenters. The molecule has 0 saturated carbocycles. The molecule has 2 N–H and O–H groups in total. The molecule has 6 nitrogen and oxygen atoms in total. The number of unbranched alkanes of at least 4 members (excludes halogenated alkanes) is 2. The van der Waals surface area contributed by atoms with Gasteiger partial charge in [0.2, 0.25) is 5.91 Å². The van der Waals surface area contributed by atoms with Crippen molar-refractivity contribution >= 4 is 11.7 Å². The summed E-state index contributed by atoms with van der Waals surface area (Å²) in [4.78, 5) is 24.4. The largest absolute Gasteiger partial charge is 0.392 e. The van der Waals surface area contributed by atoms with Gasteiger partial charge in [-0.25, -0.2) is 0 Å². The Bertz CT molecular complexity index is 557. The Balaban J connectivity index is 2.32. The molecule has 1 aliphatic carbocycles. The molecule has 0 aromatic rings. The number of allylic oxidation sites excluding steroid dienone is 1. The second-order valence-corrected chi connectivity index (χ2v) is 7.74. The van der Waals surface area contributed by atoms with E-state index in [1.54, 1.807) is 20.1 Å². The molecule has 29 heavy (non-hydrogen) atoms. The maximum atomic E-state index is 12.3. The molecule has 0 aromatic heterocycles. The van der Waals surface area contributed by atoms with Crippen molar-refractivity contribution in [1.29, 1.82) is 0 Å². The van der Waals surface area contributed by atoms with Crippen LogP contribution in [0.1, 0.15) is 65.2 Å². The van der Waals surface area contributed by atoms with Crippen LogP contribution in [0, 0.1) is 5.92 Å². The lowest BCUT2D eigenvalue weighted by Gasteiger charge is -2.27. The normalized spacial score (nSPS) is 21.8. The summed E-state index contributed by atoms with van der Waals surface area (Å²) in [6.45, 7) is 4.16. The van der Waals surface area contributed by atoms with E-state index < -0.39 is 18.1 Å². The van der Waals surface area contributed by atoms with Crippen molar-refractivity contribution < 1.29 is 24.2 Å². The number of carbonyl (C=O) groups excluding carboxylic acids is 2. The molecule has 0 aliphatic heterocycles. The van der Waals surface area contributed by atoms with Gasteiger partial charge in [0, 0.05) is 38.7 Å². The van der Waals surface area contributed by atoms with Gasteiger partial charge in [0.15, 0.2) is 5.78 Å². The lowest BCUT2D eigenvalue weighted by atomic mass is 9.84. The highest BCUT2D eigenvalue weighted by Gasteiger charge is 2.32. The Hall–Kier alpha value is -1.50. The zero-order valence-corrected chi connectivity index (χ0v) is 18.5. The monoisotopic (exact) mass is 409 g/mol. The molecule has 0 radical (unpaired) electrons. The highest BCUT2D eigenvalue weighted by molar-refractivity contribution is 5.99. The number of Topliss-reactive ketones (excluding diaryl/α,β-unsaturated/α-hetero) is 1. The third kappa shape index (κ3) is 9.24. The average molecular weight is 410 g/mol. The van der Waals surface area contributed by atoms with E-state index in [4.69, 9.17) is 9.47 Å². The second kappa shape index (κ2) is 14.5. The first-order valence-corrected chi connectivity index (χ1v) is 10.8. The number of amides is 1. The number of rotatable bonds is 14. The second-order valence-electron chi connectivity index (χ2n) is 7.74. The van der Waals surface area contributed by atoms with E-state index in [2.05, 4.69) is 18.3 Å². The number of methoxy groups -OCH3 is 2. The standard InChI is InChI=1S/C23H39NO5/c1-5-6-8-11-18(28-3)12-9-7-10-13-22(26)24-16-21(29-4)19-14-15-20(25)17(2)23(19)27/h7,9,14,17-18,20-21,25H,5-6,8,10-13,15-16H2,1-4H3,(H,24,26)/b9-7+/t17-,18+,20-,21+/m1/s1. The first-order chi connectivity index (χ1) is 13.9. The lowest BCUT2D eigenvalue weighted by molar-refractivity contribution is -0.125. The van der Waals surface area contributed by atoms with Crippen LogP contribution in [0.5, 0.6) is 0 Å². The molecule has 0 saturated heterocycles. The van der Waals surface area contributed by atoms with Crippen LogP contribution in [0.3, 0.4) is 0 Å². The summed E-state index contributed by atoms with van der Waals surface area (Å²) < 4.78 is 10.9. The van der Waals surface area contributed by atoms with E-state index in [1.807, 2.05) is 6.08 Å². The smallest absolute Gasteiger partial charge is 0.220 e. The van der Waals surface area contributed by atoms with E-state index in [1.165, 1.54) is 26.4 Å². The van der Waals surface area contributed by atoms with Crippen LogP contribution in [0.2, 0.25) is 0 Å². The van der Waals surface area contributed by atoms with E-state index in [0.717, 1.165) is 12.8 Å². The molecule has 0 spiro atoms. The molecular weight excluding hydrogens is 370 g/mol. The van der Waals surface area contributed by atoms with Gasteiger partial charge in [0.1, 0.15) is 6.10 Å². The number of hydrogen-bond donors (Lipinski definition) is 2. The number of nitrogens with one attached hydrogen (secondary N) is 1. The number of aliphatic hydroxyl groups excluding tert-OH is 1. The van der Waals surface area contributed by atoms with Gasteiger partial charge in [-0.05, 0) is 25.7 Å². The maximum absolute atomic E-state index is 12.3. The van der Waals surface area contributed by atoms with Crippen LogP contribution in [-0.4, -0.2) is 55.9 Å². The first kappa shape index (κ1) is 25.5. The van der Waals surface area contributed by atoms with Gasteiger partial charge in [-0.1, -0.05) is 51.3 Å². The van der Waals surface area contributed by atoms with Gasteiger partial charge in [0.25, 0.3) is 0 Å². The molecule has 6 heteroatoms. The molecule has 1 amide bonds. The van der Waals surface area contributed by atoms with E-state index in [0.29, 0.717) is 24.8 Å². The van der Waals surface area contributed by atoms with Crippen LogP contribution >= 0.6 is 0 Å². The van der Waals surface area contributed by atoms with Crippen molar-refractivity contribution in [3.05, 3.63) is 23.8 Å². The van der Waals surface area contributed by atoms with Gasteiger partial charge in [0.05, 0.1) is 12.2 Å². The first-order valence-electron chi connectivity index (χ1n) is 10.8. The van der Waals surface area contributed by atoms with Gasteiger partial charge in [-0.3, -0.25) is 9.59 Å². The molecule has 1 rings (SSSR count). The van der Waals surface area contributed by atoms with Crippen molar-refractivity contribution in [3.8, 4) is 0 Å². The molecule has 1 aliphatic rings. The lowest BCUT2D eigenvalue weighted by Crippen LogP contribution is -2.40. The van der Waals surface area contributed by atoms with Crippen molar-refractivity contribution in [2.75, 3.05) is 20.8 Å². The summed E-state index contributed by atoms with van der Waals surface area (Å²) in [6.07, 6.45) is 12.0. The Labute approximate surface area is 175 Å². The SMILES string of the molecule is CCCCC[C@@H](C/C=C/CCC(=O)NC[C@H](OC)C1=CC[C@@H](O)[C@@H](C)C1=O)OC. The van der Waals surface area contributed by atoms with E-state index in [9.17, 15) is 14.7 Å². The number of aliphatic hydroxyl groups is 1. The van der Waals surface area contributed by atoms with Crippen molar-refractivity contribution in [2.24, 2.45) is 5.92 Å². The summed E-state index contributed by atoms with van der Waals surface area (Å²) >= 11 is 0. The van der Waals surface area contributed by atoms with E-state index in [-0.39, 0.29) is 24.3 Å². The predicted octanol–water partition coefficient (Wildman–Crippen LogP) is 3.34. The Morgan fingerprint density at radius 1 is 1.31 bits per heavy atom. The third-order valence-corrected chi connectivity index (χ3v) is 5.54. The molecule has 4 atom stereocenters. The Kier molecular flexibility index (Phi) is 12.7. The average Bonchev–Trinajstić information content (AvgIpc) is 2.72. The van der Waals surface area contributed by atoms with Crippen molar-refractivity contribution in [3.63, 3.8) is 0 Å². The zero-order chi connectivity index (χ0) is 21.6. The highest BCUT2D eigenvalue weighted by atomic mass is 16.5. The molecule has 0 bridgehead atoms. The minimum absolute atomic E-state index is 0.0696. The minimum Gasteiger partial charge on any atom is -0.392 e. The summed E-state index contributed by atoms with van der Waals surface area (Å²) in [6, 6.07) is 0. The zero-order valence-electron chi connectivity index (χ0n) is 18.5. The fourth-order valence-corrected chi connectivity index (χ4v) is 3.43. The fourth-order valence-electron chi connectivity index (χ4n) is 3.43. The van der Waals surface area contributed by atoms with Crippen LogP contribution in [-0.2, 0) is 19.1 Å². The quantitative estimate of drug-likeness (QED) is 0.340. The van der Waals surface area contributed by atoms with E-state index >= 15 is 0 Å². The summed E-state index contributed by atoms with van der Waals surface area (Å²) in [7, 11) is 3.27. The Morgan fingerprint density at radius 2 is 2.07 bits per heavy atom. The third-order valence-electron chi connectivity index (χ3n) is 5.54. The van der Waals surface area contributed by atoms with Crippen LogP contribution < -0.4 is 5.32 Å². The van der Waals surface area contributed by atoms with Crippen LogP contribution in [0.4, 0.5) is 0 Å². The molecule has 166 valence electrons. The summed E-state index contributed by atoms with van der Waals surface area (Å²) in [5, 5.41) is 12.6. The number of ketones is 1. The van der Waals surface area contributed by atoms with Crippen molar-refractivity contribution in [2.45, 2.75) is 83.5 Å². The van der Waals surface area contributed by atoms with Gasteiger partial charge < -0.3 is 19.9 Å². The van der Waals surface area contributed by atoms with Crippen LogP contribution in [0.25, 0.3) is 0 Å². The fraction of sp³-hybridized carbons (Fsp3) is 0.739.